The van der Waals surface area contributed by atoms with Crippen molar-refractivity contribution in [3.63, 3.8) is 0 Å². The molecule has 18 heteroatoms. The van der Waals surface area contributed by atoms with Gasteiger partial charge in [0.1, 0.15) is 0 Å². The lowest BCUT2D eigenvalue weighted by Gasteiger charge is -2.35. The summed E-state index contributed by atoms with van der Waals surface area (Å²) >= 11 is 0. The fourth-order valence-electron chi connectivity index (χ4n) is 4.72. The maximum atomic E-state index is 12.4. The number of carboxylic acid groups (broad SMARTS) is 5. The molecule has 18 nitrogen and oxygen atoms in total. The highest BCUT2D eigenvalue weighted by Gasteiger charge is 2.30. The SMILES string of the molecule is C[C@@H](CN(CC(=O)O)C[C@H](Cc1ccc(NC(=O)CCN2C(=O)C=CC2=O)cc1)N(CC(=O)O)CC(=O)O)NC(C(=O)O)C(=O)O. The molecule has 0 saturated carbocycles. The molecule has 2 rings (SSSR count). The van der Waals surface area contributed by atoms with Crippen molar-refractivity contribution < 1.29 is 63.9 Å². The minimum Gasteiger partial charge on any atom is -0.480 e. The number of nitrogens with one attached hydrogen (secondary N) is 2. The topological polar surface area (TPSA) is 271 Å². The maximum absolute atomic E-state index is 12.4. The number of carbonyl (C=O) groups excluding carboxylic acids is 3. The zero-order chi connectivity index (χ0) is 34.6. The lowest BCUT2D eigenvalue weighted by atomic mass is 10.0. The Morgan fingerprint density at radius 2 is 1.30 bits per heavy atom. The van der Waals surface area contributed by atoms with E-state index in [2.05, 4.69) is 10.6 Å². The van der Waals surface area contributed by atoms with Crippen LogP contribution in [0, 0.1) is 0 Å². The van der Waals surface area contributed by atoms with Crippen LogP contribution in [0.15, 0.2) is 36.4 Å². The van der Waals surface area contributed by atoms with E-state index in [-0.39, 0.29) is 32.5 Å². The normalized spacial score (nSPS) is 14.1. The van der Waals surface area contributed by atoms with Crippen molar-refractivity contribution in [1.29, 1.82) is 0 Å². The molecule has 0 saturated heterocycles. The lowest BCUT2D eigenvalue weighted by Crippen LogP contribution is -2.54. The van der Waals surface area contributed by atoms with Crippen LogP contribution in [0.2, 0.25) is 0 Å². The van der Waals surface area contributed by atoms with Gasteiger partial charge in [-0.2, -0.15) is 0 Å². The van der Waals surface area contributed by atoms with Crippen molar-refractivity contribution in [3.05, 3.63) is 42.0 Å². The Bertz CT molecular complexity index is 1320. The van der Waals surface area contributed by atoms with Gasteiger partial charge in [0.05, 0.1) is 19.6 Å². The van der Waals surface area contributed by atoms with Gasteiger partial charge in [-0.3, -0.25) is 48.8 Å². The van der Waals surface area contributed by atoms with Gasteiger partial charge >= 0.3 is 29.8 Å². The molecular weight excluding hydrogens is 614 g/mol. The maximum Gasteiger partial charge on any atom is 0.332 e. The van der Waals surface area contributed by atoms with Gasteiger partial charge in [-0.25, -0.2) is 9.59 Å². The second-order valence-electron chi connectivity index (χ2n) is 10.5. The first kappa shape index (κ1) is 37.0. The van der Waals surface area contributed by atoms with Gasteiger partial charge in [0.25, 0.3) is 11.8 Å². The summed E-state index contributed by atoms with van der Waals surface area (Å²) in [4.78, 5) is 96.5. The fourth-order valence-corrected chi connectivity index (χ4v) is 4.72. The van der Waals surface area contributed by atoms with Gasteiger partial charge in [0.2, 0.25) is 11.9 Å². The van der Waals surface area contributed by atoms with Crippen LogP contribution in [-0.2, 0) is 44.8 Å². The third-order valence-electron chi connectivity index (χ3n) is 6.67. The molecule has 7 N–H and O–H groups in total. The first-order valence-electron chi connectivity index (χ1n) is 13.8. The van der Waals surface area contributed by atoms with Crippen molar-refractivity contribution >= 4 is 53.3 Å². The molecule has 0 spiro atoms. The Balaban J connectivity index is 2.22. The van der Waals surface area contributed by atoms with Gasteiger partial charge in [-0.1, -0.05) is 12.1 Å². The number of nitrogens with zero attached hydrogens (tertiary/aromatic N) is 3. The highest BCUT2D eigenvalue weighted by atomic mass is 16.4. The van der Waals surface area contributed by atoms with E-state index in [0.717, 1.165) is 22.0 Å². The number of imide groups is 1. The number of aliphatic carboxylic acids is 5. The molecule has 0 aliphatic carbocycles. The van der Waals surface area contributed by atoms with E-state index in [1.807, 2.05) is 0 Å². The van der Waals surface area contributed by atoms with Crippen LogP contribution < -0.4 is 10.6 Å². The van der Waals surface area contributed by atoms with E-state index in [1.165, 1.54) is 24.0 Å². The van der Waals surface area contributed by atoms with Gasteiger partial charge in [0.15, 0.2) is 0 Å². The number of carbonyl (C=O) groups is 8. The summed E-state index contributed by atoms with van der Waals surface area (Å²) in [7, 11) is 0. The summed E-state index contributed by atoms with van der Waals surface area (Å²) in [6, 6.07) is 2.45. The molecule has 1 aliphatic heterocycles. The van der Waals surface area contributed by atoms with Crippen molar-refractivity contribution in [3.8, 4) is 0 Å². The smallest absolute Gasteiger partial charge is 0.332 e. The molecule has 0 unspecified atom stereocenters. The largest absolute Gasteiger partial charge is 0.480 e. The highest BCUT2D eigenvalue weighted by Crippen LogP contribution is 2.16. The number of benzene rings is 1. The average molecular weight is 650 g/mol. The molecule has 2 atom stereocenters. The predicted molar refractivity (Wildman–Crippen MR) is 156 cm³/mol. The Labute approximate surface area is 261 Å². The molecule has 0 bridgehead atoms. The van der Waals surface area contributed by atoms with Crippen LogP contribution >= 0.6 is 0 Å². The van der Waals surface area contributed by atoms with Gasteiger partial charge < -0.3 is 30.8 Å². The van der Waals surface area contributed by atoms with Crippen LogP contribution in [0.5, 0.6) is 0 Å². The summed E-state index contributed by atoms with van der Waals surface area (Å²) in [5.41, 5.74) is 0.913. The summed E-state index contributed by atoms with van der Waals surface area (Å²) < 4.78 is 0. The zero-order valence-corrected chi connectivity index (χ0v) is 24.7. The molecule has 1 aliphatic rings. The molecule has 0 radical (unpaired) electrons. The van der Waals surface area contributed by atoms with Crippen molar-refractivity contribution in [2.45, 2.75) is 37.9 Å². The first-order chi connectivity index (χ1) is 21.5. The van der Waals surface area contributed by atoms with E-state index < -0.39 is 85.3 Å². The Morgan fingerprint density at radius 1 is 0.783 bits per heavy atom. The molecule has 250 valence electrons. The van der Waals surface area contributed by atoms with Crippen molar-refractivity contribution in [1.82, 2.24) is 20.0 Å². The number of hydrogen-bond donors (Lipinski definition) is 7. The third kappa shape index (κ3) is 12.4. The van der Waals surface area contributed by atoms with Crippen LogP contribution in [0.4, 0.5) is 5.69 Å². The number of amides is 3. The van der Waals surface area contributed by atoms with Crippen LogP contribution in [0.3, 0.4) is 0 Å². The van der Waals surface area contributed by atoms with Gasteiger partial charge in [0, 0.05) is 56.0 Å². The standard InChI is InChI=1S/C28H35N5O13/c1-16(29-26(27(43)44)28(45)46)11-31(13-23(37)38)12-19(32(14-24(39)40)15-25(41)42)10-17-2-4-18(5-3-17)30-20(34)8-9-33-21(35)6-7-22(33)36/h2-7,16,19,26,29H,8-15H2,1H3,(H,30,34)(H,37,38)(H,39,40)(H,41,42)(H,43,44)(H,45,46)/t16-,19-/m0/s1. The first-order valence-corrected chi connectivity index (χ1v) is 13.8. The molecule has 0 fully saturated rings. The van der Waals surface area contributed by atoms with Crippen molar-refractivity contribution in [2.24, 2.45) is 0 Å². The molecule has 3 amide bonds. The summed E-state index contributed by atoms with van der Waals surface area (Å²) in [6.45, 7) is -1.12. The molecule has 1 aromatic carbocycles. The summed E-state index contributed by atoms with van der Waals surface area (Å²) in [5, 5.41) is 51.7. The summed E-state index contributed by atoms with van der Waals surface area (Å²) in [5.74, 6) is -8.83. The Hall–Kier alpha value is -5.20. The molecular formula is C28H35N5O13. The molecule has 46 heavy (non-hydrogen) atoms. The van der Waals surface area contributed by atoms with E-state index >= 15 is 0 Å². The van der Waals surface area contributed by atoms with E-state index in [0.29, 0.717) is 11.3 Å². The van der Waals surface area contributed by atoms with Crippen LogP contribution in [0.25, 0.3) is 0 Å². The average Bonchev–Trinajstić information content (AvgIpc) is 3.26. The number of rotatable bonds is 21. The Kier molecular flexibility index (Phi) is 13.9. The monoisotopic (exact) mass is 649 g/mol. The fraction of sp³-hybridized carbons (Fsp3) is 0.429. The second kappa shape index (κ2) is 17.3. The molecule has 1 heterocycles. The highest BCUT2D eigenvalue weighted by molar-refractivity contribution is 6.13. The van der Waals surface area contributed by atoms with E-state index in [1.54, 1.807) is 12.1 Å². The number of carboxylic acids is 5. The number of anilines is 1. The predicted octanol–water partition coefficient (Wildman–Crippen LogP) is -1.77. The van der Waals surface area contributed by atoms with E-state index in [4.69, 9.17) is 10.2 Å². The second-order valence-corrected chi connectivity index (χ2v) is 10.5. The molecule has 0 aromatic heterocycles. The minimum atomic E-state index is -1.98. The van der Waals surface area contributed by atoms with Gasteiger partial charge in [-0.15, -0.1) is 0 Å². The minimum absolute atomic E-state index is 0.0196. The van der Waals surface area contributed by atoms with E-state index in [9.17, 15) is 53.7 Å². The zero-order valence-electron chi connectivity index (χ0n) is 24.7. The Morgan fingerprint density at radius 3 is 1.78 bits per heavy atom. The molecule has 1 aromatic rings. The van der Waals surface area contributed by atoms with Crippen LogP contribution in [-0.4, -0.2) is 145 Å². The quantitative estimate of drug-likeness (QED) is 0.0573. The van der Waals surface area contributed by atoms with Gasteiger partial charge in [-0.05, 0) is 31.0 Å². The van der Waals surface area contributed by atoms with Crippen molar-refractivity contribution in [2.75, 3.05) is 44.6 Å². The number of hydrogen-bond acceptors (Lipinski definition) is 11. The van der Waals surface area contributed by atoms with Crippen LogP contribution in [0.1, 0.15) is 18.9 Å². The third-order valence-corrected chi connectivity index (χ3v) is 6.67. The lowest BCUT2D eigenvalue weighted by molar-refractivity contribution is -0.152. The summed E-state index contributed by atoms with van der Waals surface area (Å²) in [6.07, 6.45) is 2.07.